The van der Waals surface area contributed by atoms with Crippen LogP contribution in [0.25, 0.3) is 0 Å². The predicted molar refractivity (Wildman–Crippen MR) is 122 cm³/mol. The Morgan fingerprint density at radius 1 is 1.32 bits per heavy atom. The Kier molecular flexibility index (Phi) is 11.2. The molecule has 2 saturated heterocycles. The molecule has 1 aromatic rings. The van der Waals surface area contributed by atoms with Gasteiger partial charge in [0, 0.05) is 52.4 Å². The van der Waals surface area contributed by atoms with E-state index < -0.39 is 0 Å². The fraction of sp³-hybridized carbons (Fsp3) is 0.750. The van der Waals surface area contributed by atoms with Crippen LogP contribution < -0.4 is 10.6 Å². The second-order valence-electron chi connectivity index (χ2n) is 7.33. The van der Waals surface area contributed by atoms with Gasteiger partial charge < -0.3 is 29.4 Å². The molecule has 3 rings (SSSR count). The van der Waals surface area contributed by atoms with Crippen molar-refractivity contribution in [1.29, 1.82) is 0 Å². The maximum atomic E-state index is 5.71. The van der Waals surface area contributed by atoms with Crippen molar-refractivity contribution in [3.8, 4) is 0 Å². The topological polar surface area (TPSA) is 71.3 Å². The summed E-state index contributed by atoms with van der Waals surface area (Å²) in [6.07, 6.45) is 7.35. The van der Waals surface area contributed by atoms with Gasteiger partial charge in [0.15, 0.2) is 5.96 Å². The van der Waals surface area contributed by atoms with Gasteiger partial charge in [-0.2, -0.15) is 0 Å². The summed E-state index contributed by atoms with van der Waals surface area (Å²) in [5.74, 6) is 1.89. The molecule has 0 bridgehead atoms. The molecule has 0 saturated carbocycles. The average molecular weight is 506 g/mol. The number of likely N-dealkylation sites (tertiary alicyclic amines) is 1. The van der Waals surface area contributed by atoms with Gasteiger partial charge >= 0.3 is 0 Å². The van der Waals surface area contributed by atoms with Crippen LogP contribution in [0, 0.1) is 0 Å². The lowest BCUT2D eigenvalue weighted by Gasteiger charge is -2.33. The lowest BCUT2D eigenvalue weighted by molar-refractivity contribution is 0.117. The first-order chi connectivity index (χ1) is 13.3. The Morgan fingerprint density at radius 2 is 2.18 bits per heavy atom. The summed E-state index contributed by atoms with van der Waals surface area (Å²) in [4.78, 5) is 7.26. The van der Waals surface area contributed by atoms with Gasteiger partial charge in [-0.15, -0.1) is 24.0 Å². The quantitative estimate of drug-likeness (QED) is 0.304. The fourth-order valence-corrected chi connectivity index (χ4v) is 3.61. The maximum Gasteiger partial charge on any atom is 0.191 e. The summed E-state index contributed by atoms with van der Waals surface area (Å²) in [7, 11) is 1.76. The molecule has 2 fully saturated rings. The Labute approximate surface area is 185 Å². The third-order valence-corrected chi connectivity index (χ3v) is 5.26. The van der Waals surface area contributed by atoms with Crippen LogP contribution in [-0.2, 0) is 15.9 Å². The molecular formula is C20H35IN4O3. The number of nitrogens with one attached hydrogen (secondary N) is 2. The molecule has 8 heteroatoms. The normalized spacial score (nSPS) is 21.5. The van der Waals surface area contributed by atoms with Crippen molar-refractivity contribution in [2.24, 2.45) is 4.99 Å². The molecular weight excluding hydrogens is 471 g/mol. The summed E-state index contributed by atoms with van der Waals surface area (Å²) in [5.41, 5.74) is 0. The summed E-state index contributed by atoms with van der Waals surface area (Å²) in [6.45, 7) is 6.43. The standard InChI is InChI=1S/C20H34N4O3.HI/c1-25-15-12-24-10-7-17(8-11-24)23-20(22-16-19-5-3-14-27-19)21-9-6-18-4-2-13-26-18;/h2,4,13,17,19H,3,5-12,14-16H2,1H3,(H2,21,22,23);1H. The molecule has 2 aliphatic heterocycles. The monoisotopic (exact) mass is 506 g/mol. The Balaban J connectivity index is 0.00000280. The highest BCUT2D eigenvalue weighted by Crippen LogP contribution is 2.13. The van der Waals surface area contributed by atoms with Gasteiger partial charge in [-0.1, -0.05) is 0 Å². The van der Waals surface area contributed by atoms with Crippen LogP contribution in [0.15, 0.2) is 27.8 Å². The number of methoxy groups -OCH3 is 1. The number of guanidine groups is 1. The van der Waals surface area contributed by atoms with Crippen molar-refractivity contribution in [2.45, 2.75) is 44.2 Å². The van der Waals surface area contributed by atoms with Crippen LogP contribution in [-0.4, -0.2) is 76.1 Å². The van der Waals surface area contributed by atoms with Crippen molar-refractivity contribution >= 4 is 29.9 Å². The lowest BCUT2D eigenvalue weighted by atomic mass is 10.1. The van der Waals surface area contributed by atoms with Crippen LogP contribution in [0.2, 0.25) is 0 Å². The van der Waals surface area contributed by atoms with Crippen LogP contribution in [0.5, 0.6) is 0 Å². The van der Waals surface area contributed by atoms with Gasteiger partial charge in [-0.05, 0) is 37.8 Å². The Hall–Kier alpha value is -0.840. The first-order valence-corrected chi connectivity index (χ1v) is 10.2. The second-order valence-corrected chi connectivity index (χ2v) is 7.33. The molecule has 0 spiro atoms. The number of ether oxygens (including phenoxy) is 2. The molecule has 0 radical (unpaired) electrons. The van der Waals surface area contributed by atoms with E-state index in [0.717, 1.165) is 89.8 Å². The van der Waals surface area contributed by atoms with Crippen molar-refractivity contribution in [2.75, 3.05) is 53.0 Å². The van der Waals surface area contributed by atoms with E-state index in [-0.39, 0.29) is 30.1 Å². The van der Waals surface area contributed by atoms with E-state index in [2.05, 4.69) is 15.5 Å². The van der Waals surface area contributed by atoms with Gasteiger partial charge in [0.2, 0.25) is 0 Å². The Bertz CT molecular complexity index is 542. The third kappa shape index (κ3) is 8.26. The SMILES string of the molecule is COCCN1CCC(NC(=NCC2CCCO2)NCCc2ccco2)CC1.I. The molecule has 1 atom stereocenters. The van der Waals surface area contributed by atoms with Gasteiger partial charge in [0.25, 0.3) is 0 Å². The molecule has 0 amide bonds. The molecule has 2 aliphatic rings. The molecule has 1 aromatic heterocycles. The van der Waals surface area contributed by atoms with Crippen molar-refractivity contribution in [3.05, 3.63) is 24.2 Å². The third-order valence-electron chi connectivity index (χ3n) is 5.26. The van der Waals surface area contributed by atoms with E-state index in [1.165, 1.54) is 0 Å². The smallest absolute Gasteiger partial charge is 0.191 e. The molecule has 2 N–H and O–H groups in total. The summed E-state index contributed by atoms with van der Waals surface area (Å²) >= 11 is 0. The number of rotatable bonds is 9. The number of hydrogen-bond donors (Lipinski definition) is 2. The van der Waals surface area contributed by atoms with E-state index in [9.17, 15) is 0 Å². The van der Waals surface area contributed by atoms with E-state index in [0.29, 0.717) is 6.04 Å². The first-order valence-electron chi connectivity index (χ1n) is 10.2. The van der Waals surface area contributed by atoms with E-state index in [1.54, 1.807) is 13.4 Å². The van der Waals surface area contributed by atoms with Gasteiger partial charge in [-0.3, -0.25) is 4.99 Å². The number of aliphatic imine (C=N–C) groups is 1. The maximum absolute atomic E-state index is 5.71. The van der Waals surface area contributed by atoms with Gasteiger partial charge in [0.1, 0.15) is 5.76 Å². The zero-order valence-electron chi connectivity index (χ0n) is 16.9. The zero-order chi connectivity index (χ0) is 18.7. The molecule has 28 heavy (non-hydrogen) atoms. The summed E-state index contributed by atoms with van der Waals surface area (Å²) < 4.78 is 16.3. The predicted octanol–water partition coefficient (Wildman–Crippen LogP) is 2.27. The summed E-state index contributed by atoms with van der Waals surface area (Å²) in [5, 5.41) is 7.10. The Morgan fingerprint density at radius 3 is 2.86 bits per heavy atom. The fourth-order valence-electron chi connectivity index (χ4n) is 3.61. The van der Waals surface area contributed by atoms with Gasteiger partial charge in [-0.25, -0.2) is 0 Å². The minimum Gasteiger partial charge on any atom is -0.469 e. The van der Waals surface area contributed by atoms with Crippen LogP contribution in [0.4, 0.5) is 0 Å². The highest BCUT2D eigenvalue weighted by molar-refractivity contribution is 14.0. The van der Waals surface area contributed by atoms with E-state index >= 15 is 0 Å². The highest BCUT2D eigenvalue weighted by Gasteiger charge is 2.20. The first kappa shape index (κ1) is 23.4. The molecule has 3 heterocycles. The zero-order valence-corrected chi connectivity index (χ0v) is 19.2. The molecule has 0 aliphatic carbocycles. The average Bonchev–Trinajstić information content (AvgIpc) is 3.39. The van der Waals surface area contributed by atoms with Crippen LogP contribution in [0.3, 0.4) is 0 Å². The molecule has 0 aromatic carbocycles. The number of nitrogens with zero attached hydrogens (tertiary/aromatic N) is 2. The van der Waals surface area contributed by atoms with Crippen molar-refractivity contribution in [3.63, 3.8) is 0 Å². The lowest BCUT2D eigenvalue weighted by Crippen LogP contribution is -2.49. The minimum absolute atomic E-state index is 0. The van der Waals surface area contributed by atoms with Crippen molar-refractivity contribution in [1.82, 2.24) is 15.5 Å². The highest BCUT2D eigenvalue weighted by atomic mass is 127. The molecule has 1 unspecified atom stereocenters. The largest absolute Gasteiger partial charge is 0.469 e. The van der Waals surface area contributed by atoms with Crippen LogP contribution >= 0.6 is 24.0 Å². The van der Waals surface area contributed by atoms with E-state index in [4.69, 9.17) is 18.9 Å². The molecule has 160 valence electrons. The van der Waals surface area contributed by atoms with E-state index in [1.807, 2.05) is 12.1 Å². The van der Waals surface area contributed by atoms with Crippen LogP contribution in [0.1, 0.15) is 31.4 Å². The number of hydrogen-bond acceptors (Lipinski definition) is 5. The van der Waals surface area contributed by atoms with Crippen molar-refractivity contribution < 1.29 is 13.9 Å². The van der Waals surface area contributed by atoms with Gasteiger partial charge in [0.05, 0.1) is 25.5 Å². The number of halogens is 1. The number of piperidine rings is 1. The second kappa shape index (κ2) is 13.4. The summed E-state index contributed by atoms with van der Waals surface area (Å²) in [6, 6.07) is 4.40. The number of furan rings is 1. The molecule has 7 nitrogen and oxygen atoms in total. The minimum atomic E-state index is 0.